The largest absolute Gasteiger partial charge is 0.483 e. The van der Waals surface area contributed by atoms with Crippen molar-refractivity contribution in [2.75, 3.05) is 19.7 Å². The molecule has 1 N–H and O–H groups in total. The van der Waals surface area contributed by atoms with E-state index in [0.29, 0.717) is 29.7 Å². The van der Waals surface area contributed by atoms with Crippen LogP contribution in [0.1, 0.15) is 26.7 Å². The fraction of sp³-hybridized carbons (Fsp3) is 0.500. The van der Waals surface area contributed by atoms with Gasteiger partial charge in [-0.05, 0) is 47.5 Å². The van der Waals surface area contributed by atoms with E-state index in [1.54, 1.807) is 19.1 Å². The van der Waals surface area contributed by atoms with Gasteiger partial charge in [-0.1, -0.05) is 22.9 Å². The number of nitrogens with one attached hydrogen (secondary N) is 1. The van der Waals surface area contributed by atoms with Gasteiger partial charge in [-0.3, -0.25) is 14.4 Å². The Morgan fingerprint density at radius 1 is 1.37 bits per heavy atom. The van der Waals surface area contributed by atoms with Crippen molar-refractivity contribution in [3.8, 4) is 5.75 Å². The number of halogens is 2. The summed E-state index contributed by atoms with van der Waals surface area (Å²) < 4.78 is 12.4. The Hall–Kier alpha value is -1.61. The summed E-state index contributed by atoms with van der Waals surface area (Å²) >= 11 is 6.72. The molecular weight excluding hydrogens is 484 g/mol. The average molecular weight is 506 g/mol. The second-order valence-corrected chi connectivity index (χ2v) is 7.94. The number of piperazine rings is 1. The normalized spacial score (nSPS) is 17.9. The summed E-state index contributed by atoms with van der Waals surface area (Å²) in [5.74, 6) is -0.706. The van der Waals surface area contributed by atoms with Crippen LogP contribution in [-0.2, 0) is 19.1 Å². The lowest BCUT2D eigenvalue weighted by Gasteiger charge is -2.34. The molecule has 1 aromatic carbocycles. The molecule has 27 heavy (non-hydrogen) atoms. The molecule has 0 saturated carbocycles. The van der Waals surface area contributed by atoms with E-state index in [1.165, 1.54) is 4.90 Å². The van der Waals surface area contributed by atoms with E-state index in [4.69, 9.17) is 9.47 Å². The Morgan fingerprint density at radius 2 is 2.11 bits per heavy atom. The van der Waals surface area contributed by atoms with E-state index in [-0.39, 0.29) is 30.9 Å². The Kier molecular flexibility index (Phi) is 8.09. The van der Waals surface area contributed by atoms with Crippen LogP contribution in [0.25, 0.3) is 0 Å². The first-order valence-corrected chi connectivity index (χ1v) is 10.2. The number of rotatable bonds is 7. The monoisotopic (exact) mass is 504 g/mol. The van der Waals surface area contributed by atoms with Crippen molar-refractivity contribution in [3.05, 3.63) is 27.1 Å². The number of esters is 1. The van der Waals surface area contributed by atoms with E-state index in [2.05, 4.69) is 37.2 Å². The van der Waals surface area contributed by atoms with Gasteiger partial charge in [0.15, 0.2) is 6.61 Å². The molecule has 1 heterocycles. The Labute approximate surface area is 175 Å². The van der Waals surface area contributed by atoms with E-state index < -0.39 is 12.0 Å². The van der Waals surface area contributed by atoms with Crippen molar-refractivity contribution in [3.63, 3.8) is 0 Å². The van der Waals surface area contributed by atoms with Gasteiger partial charge in [0.25, 0.3) is 5.91 Å². The highest BCUT2D eigenvalue weighted by molar-refractivity contribution is 9.11. The highest BCUT2D eigenvalue weighted by Gasteiger charge is 2.35. The van der Waals surface area contributed by atoms with Crippen molar-refractivity contribution in [2.24, 2.45) is 0 Å². The number of carbonyl (C=O) groups excluding carboxylic acids is 3. The number of benzene rings is 1. The number of nitrogens with zero attached hydrogens (tertiary/aromatic N) is 1. The second kappa shape index (κ2) is 10.1. The third kappa shape index (κ3) is 6.21. The highest BCUT2D eigenvalue weighted by Crippen LogP contribution is 2.28. The lowest BCUT2D eigenvalue weighted by Crippen LogP contribution is -2.58. The minimum atomic E-state index is -0.889. The van der Waals surface area contributed by atoms with E-state index in [0.717, 1.165) is 4.47 Å². The molecule has 7 nitrogen and oxygen atoms in total. The molecule has 9 heteroatoms. The molecule has 2 amide bonds. The first-order valence-electron chi connectivity index (χ1n) is 8.66. The number of carbonyl (C=O) groups is 3. The second-order valence-electron chi connectivity index (χ2n) is 6.17. The molecule has 0 aliphatic carbocycles. The van der Waals surface area contributed by atoms with Gasteiger partial charge in [-0.15, -0.1) is 0 Å². The number of amides is 2. The molecule has 1 fully saturated rings. The van der Waals surface area contributed by atoms with Crippen LogP contribution in [0, 0.1) is 0 Å². The quantitative estimate of drug-likeness (QED) is 0.576. The highest BCUT2D eigenvalue weighted by atomic mass is 79.9. The van der Waals surface area contributed by atoms with E-state index >= 15 is 0 Å². The number of hydrogen-bond acceptors (Lipinski definition) is 5. The van der Waals surface area contributed by atoms with E-state index in [1.807, 2.05) is 13.0 Å². The molecule has 2 atom stereocenters. The maximum atomic E-state index is 12.6. The van der Waals surface area contributed by atoms with Gasteiger partial charge >= 0.3 is 5.97 Å². The summed E-state index contributed by atoms with van der Waals surface area (Å²) in [7, 11) is 0. The van der Waals surface area contributed by atoms with Gasteiger partial charge in [0, 0.05) is 17.6 Å². The van der Waals surface area contributed by atoms with Crippen molar-refractivity contribution >= 4 is 49.6 Å². The maximum Gasteiger partial charge on any atom is 0.308 e. The summed E-state index contributed by atoms with van der Waals surface area (Å²) in [6.45, 7) is 4.11. The molecule has 2 rings (SSSR count). The molecule has 0 aromatic heterocycles. The van der Waals surface area contributed by atoms with Gasteiger partial charge in [-0.2, -0.15) is 0 Å². The van der Waals surface area contributed by atoms with Gasteiger partial charge in [-0.25, -0.2) is 0 Å². The van der Waals surface area contributed by atoms with Crippen LogP contribution in [-0.4, -0.2) is 54.5 Å². The maximum absolute atomic E-state index is 12.6. The molecular formula is C18H22Br2N2O5. The fourth-order valence-electron chi connectivity index (χ4n) is 2.54. The summed E-state index contributed by atoms with van der Waals surface area (Å²) in [5, 5.41) is 2.68. The molecule has 1 aliphatic rings. The van der Waals surface area contributed by atoms with Crippen LogP contribution in [0.5, 0.6) is 5.75 Å². The molecule has 0 radical (unpaired) electrons. The van der Waals surface area contributed by atoms with Crippen LogP contribution in [0.2, 0.25) is 0 Å². The molecule has 1 saturated heterocycles. The molecule has 1 aromatic rings. The lowest BCUT2D eigenvalue weighted by molar-refractivity contribution is -0.155. The average Bonchev–Trinajstić information content (AvgIpc) is 2.62. The Bertz CT molecular complexity index is 713. The van der Waals surface area contributed by atoms with Crippen LogP contribution in [0.3, 0.4) is 0 Å². The van der Waals surface area contributed by atoms with Crippen LogP contribution < -0.4 is 10.1 Å². The standard InChI is InChI=1S/C18H22Br2N2O5/c1-3-11(2)27-17(24)9-14-18(25)21-6-7-22(14)16(23)10-26-15-5-4-12(19)8-13(15)20/h4-5,8,11,14H,3,6-7,9-10H2,1-2H3,(H,21,25). The molecule has 148 valence electrons. The SMILES string of the molecule is CCC(C)OC(=O)CC1C(=O)NCCN1C(=O)COc1ccc(Br)cc1Br. The topological polar surface area (TPSA) is 84.9 Å². The first kappa shape index (κ1) is 21.7. The molecule has 0 spiro atoms. The zero-order valence-electron chi connectivity index (χ0n) is 15.2. The van der Waals surface area contributed by atoms with Crippen molar-refractivity contribution in [2.45, 2.75) is 38.8 Å². The van der Waals surface area contributed by atoms with Crippen molar-refractivity contribution in [1.29, 1.82) is 0 Å². The van der Waals surface area contributed by atoms with Crippen LogP contribution >= 0.6 is 31.9 Å². The third-order valence-electron chi connectivity index (χ3n) is 4.16. The summed E-state index contributed by atoms with van der Waals surface area (Å²) in [6, 6.07) is 4.44. The zero-order chi connectivity index (χ0) is 20.0. The van der Waals surface area contributed by atoms with Gasteiger partial charge < -0.3 is 19.7 Å². The summed E-state index contributed by atoms with van der Waals surface area (Å²) in [5.41, 5.74) is 0. The Morgan fingerprint density at radius 3 is 2.78 bits per heavy atom. The van der Waals surface area contributed by atoms with Crippen molar-refractivity contribution < 1.29 is 23.9 Å². The number of hydrogen-bond donors (Lipinski definition) is 1. The van der Waals surface area contributed by atoms with Gasteiger partial charge in [0.05, 0.1) is 17.0 Å². The first-order chi connectivity index (χ1) is 12.8. The fourth-order valence-corrected chi connectivity index (χ4v) is 3.71. The predicted molar refractivity (Wildman–Crippen MR) is 106 cm³/mol. The number of ether oxygens (including phenoxy) is 2. The smallest absolute Gasteiger partial charge is 0.308 e. The molecule has 1 aliphatic heterocycles. The molecule has 0 bridgehead atoms. The van der Waals surface area contributed by atoms with Crippen LogP contribution in [0.15, 0.2) is 27.1 Å². The third-order valence-corrected chi connectivity index (χ3v) is 5.28. The van der Waals surface area contributed by atoms with Crippen molar-refractivity contribution in [1.82, 2.24) is 10.2 Å². The van der Waals surface area contributed by atoms with E-state index in [9.17, 15) is 14.4 Å². The summed E-state index contributed by atoms with van der Waals surface area (Å²) in [6.07, 6.45) is 0.275. The zero-order valence-corrected chi connectivity index (χ0v) is 18.3. The minimum absolute atomic E-state index is 0.177. The predicted octanol–water partition coefficient (Wildman–Crippen LogP) is 2.65. The minimum Gasteiger partial charge on any atom is -0.483 e. The lowest BCUT2D eigenvalue weighted by atomic mass is 10.1. The Balaban J connectivity index is 2.00. The van der Waals surface area contributed by atoms with Crippen LogP contribution in [0.4, 0.5) is 0 Å². The molecule has 2 unspecified atom stereocenters. The van der Waals surface area contributed by atoms with Gasteiger partial charge in [0.2, 0.25) is 5.91 Å². The van der Waals surface area contributed by atoms with Gasteiger partial charge in [0.1, 0.15) is 11.8 Å². The summed E-state index contributed by atoms with van der Waals surface area (Å²) in [4.78, 5) is 38.3.